The van der Waals surface area contributed by atoms with Crippen molar-refractivity contribution in [1.82, 2.24) is 15.1 Å². The van der Waals surface area contributed by atoms with Crippen LogP contribution in [0.5, 0.6) is 0 Å². The average molecular weight is 315 g/mol. The molecule has 0 fully saturated rings. The molecule has 0 radical (unpaired) electrons. The summed E-state index contributed by atoms with van der Waals surface area (Å²) in [5.41, 5.74) is 2.40. The van der Waals surface area contributed by atoms with Crippen molar-refractivity contribution in [3.05, 3.63) is 53.3 Å². The Morgan fingerprint density at radius 2 is 2.00 bits per heavy atom. The molecule has 0 saturated carbocycles. The predicted molar refractivity (Wildman–Crippen MR) is 90.2 cm³/mol. The number of amides is 1. The second kappa shape index (κ2) is 7.92. The molecular formula is C18H25N3O2. The summed E-state index contributed by atoms with van der Waals surface area (Å²) in [6, 6.07) is 9.06. The Balaban J connectivity index is 2.18. The van der Waals surface area contributed by atoms with E-state index in [1.807, 2.05) is 41.9 Å². The van der Waals surface area contributed by atoms with Gasteiger partial charge in [0, 0.05) is 6.54 Å². The van der Waals surface area contributed by atoms with Crippen LogP contribution in [0.2, 0.25) is 0 Å². The lowest BCUT2D eigenvalue weighted by atomic mass is 10.1. The highest BCUT2D eigenvalue weighted by Crippen LogP contribution is 2.16. The summed E-state index contributed by atoms with van der Waals surface area (Å²) in [5, 5.41) is 16.8. The molecule has 0 saturated heterocycles. The molecule has 0 aliphatic rings. The van der Waals surface area contributed by atoms with Crippen molar-refractivity contribution in [1.29, 1.82) is 0 Å². The highest BCUT2D eigenvalue weighted by atomic mass is 16.3. The number of benzene rings is 1. The SMILES string of the molecule is CCc1c(C(=O)N[C@H](CO)c2ccccc2)cnn1CC(C)C. The van der Waals surface area contributed by atoms with E-state index in [1.165, 1.54) is 0 Å². The van der Waals surface area contributed by atoms with E-state index < -0.39 is 6.04 Å². The van der Waals surface area contributed by atoms with E-state index in [0.717, 1.165) is 24.2 Å². The van der Waals surface area contributed by atoms with E-state index in [0.29, 0.717) is 11.5 Å². The molecule has 0 aliphatic carbocycles. The van der Waals surface area contributed by atoms with Crippen molar-refractivity contribution in [2.75, 3.05) is 6.61 Å². The second-order valence-electron chi connectivity index (χ2n) is 6.05. The lowest BCUT2D eigenvalue weighted by Crippen LogP contribution is -2.31. The molecule has 23 heavy (non-hydrogen) atoms. The quantitative estimate of drug-likeness (QED) is 0.825. The van der Waals surface area contributed by atoms with Crippen LogP contribution in [0.1, 0.15) is 48.4 Å². The summed E-state index contributed by atoms with van der Waals surface area (Å²) >= 11 is 0. The topological polar surface area (TPSA) is 67.2 Å². The van der Waals surface area contributed by atoms with Gasteiger partial charge in [0.1, 0.15) is 0 Å². The number of hydrogen-bond donors (Lipinski definition) is 2. The zero-order valence-corrected chi connectivity index (χ0v) is 14.0. The van der Waals surface area contributed by atoms with Crippen molar-refractivity contribution in [2.24, 2.45) is 5.92 Å². The van der Waals surface area contributed by atoms with Crippen molar-refractivity contribution < 1.29 is 9.90 Å². The van der Waals surface area contributed by atoms with Gasteiger partial charge in [0.05, 0.1) is 30.1 Å². The molecule has 5 heteroatoms. The molecule has 0 bridgehead atoms. The van der Waals surface area contributed by atoms with Gasteiger partial charge in [-0.25, -0.2) is 0 Å². The van der Waals surface area contributed by atoms with E-state index in [1.54, 1.807) is 6.20 Å². The summed E-state index contributed by atoms with van der Waals surface area (Å²) in [5.74, 6) is 0.269. The van der Waals surface area contributed by atoms with Crippen LogP contribution < -0.4 is 5.32 Å². The summed E-state index contributed by atoms with van der Waals surface area (Å²) in [6.45, 7) is 6.91. The predicted octanol–water partition coefficient (Wildman–Crippen LogP) is 2.56. The van der Waals surface area contributed by atoms with Gasteiger partial charge < -0.3 is 10.4 Å². The van der Waals surface area contributed by atoms with Crippen LogP contribution in [-0.4, -0.2) is 27.4 Å². The Bertz CT molecular complexity index is 635. The number of aliphatic hydroxyl groups excluding tert-OH is 1. The molecule has 2 N–H and O–H groups in total. The first kappa shape index (κ1) is 17.2. The Labute approximate surface area is 137 Å². The minimum absolute atomic E-state index is 0.142. The molecule has 0 unspecified atom stereocenters. The first-order valence-corrected chi connectivity index (χ1v) is 8.08. The van der Waals surface area contributed by atoms with Gasteiger partial charge in [-0.3, -0.25) is 9.48 Å². The van der Waals surface area contributed by atoms with Crippen LogP contribution in [-0.2, 0) is 13.0 Å². The van der Waals surface area contributed by atoms with Gasteiger partial charge in [0.25, 0.3) is 5.91 Å². The first-order chi connectivity index (χ1) is 11.1. The van der Waals surface area contributed by atoms with E-state index >= 15 is 0 Å². The van der Waals surface area contributed by atoms with Gasteiger partial charge in [0.15, 0.2) is 0 Å². The zero-order valence-electron chi connectivity index (χ0n) is 14.0. The molecule has 1 aromatic heterocycles. The maximum Gasteiger partial charge on any atom is 0.255 e. The Morgan fingerprint density at radius 1 is 1.30 bits per heavy atom. The maximum absolute atomic E-state index is 12.6. The van der Waals surface area contributed by atoms with Crippen molar-refractivity contribution in [3.63, 3.8) is 0 Å². The third kappa shape index (κ3) is 4.20. The molecule has 0 aliphatic heterocycles. The maximum atomic E-state index is 12.6. The molecular weight excluding hydrogens is 290 g/mol. The van der Waals surface area contributed by atoms with Crippen LogP contribution >= 0.6 is 0 Å². The van der Waals surface area contributed by atoms with Gasteiger partial charge in [-0.05, 0) is 17.9 Å². The molecule has 1 amide bonds. The number of aliphatic hydroxyl groups is 1. The fraction of sp³-hybridized carbons (Fsp3) is 0.444. The third-order valence-electron chi connectivity index (χ3n) is 3.76. The Hall–Kier alpha value is -2.14. The van der Waals surface area contributed by atoms with Gasteiger partial charge in [0.2, 0.25) is 0 Å². The van der Waals surface area contributed by atoms with E-state index in [9.17, 15) is 9.90 Å². The third-order valence-corrected chi connectivity index (χ3v) is 3.76. The van der Waals surface area contributed by atoms with E-state index in [-0.39, 0.29) is 12.5 Å². The van der Waals surface area contributed by atoms with Crippen molar-refractivity contribution in [3.8, 4) is 0 Å². The molecule has 0 spiro atoms. The summed E-state index contributed by atoms with van der Waals surface area (Å²) in [4.78, 5) is 12.6. The number of rotatable bonds is 7. The van der Waals surface area contributed by atoms with E-state index in [2.05, 4.69) is 24.3 Å². The largest absolute Gasteiger partial charge is 0.394 e. The van der Waals surface area contributed by atoms with Crippen molar-refractivity contribution in [2.45, 2.75) is 39.8 Å². The fourth-order valence-corrected chi connectivity index (χ4v) is 2.63. The van der Waals surface area contributed by atoms with Crippen LogP contribution in [0.4, 0.5) is 0 Å². The lowest BCUT2D eigenvalue weighted by Gasteiger charge is -2.17. The number of aromatic nitrogens is 2. The zero-order chi connectivity index (χ0) is 16.8. The first-order valence-electron chi connectivity index (χ1n) is 8.08. The molecule has 1 heterocycles. The molecule has 2 aromatic rings. The smallest absolute Gasteiger partial charge is 0.255 e. The van der Waals surface area contributed by atoms with Crippen LogP contribution in [0.15, 0.2) is 36.5 Å². The van der Waals surface area contributed by atoms with Gasteiger partial charge >= 0.3 is 0 Å². The number of carbonyl (C=O) groups is 1. The molecule has 1 atom stereocenters. The normalized spacial score (nSPS) is 12.4. The second-order valence-corrected chi connectivity index (χ2v) is 6.05. The highest BCUT2D eigenvalue weighted by molar-refractivity contribution is 5.95. The van der Waals surface area contributed by atoms with Gasteiger partial charge in [-0.15, -0.1) is 0 Å². The minimum Gasteiger partial charge on any atom is -0.394 e. The highest BCUT2D eigenvalue weighted by Gasteiger charge is 2.20. The summed E-state index contributed by atoms with van der Waals surface area (Å²) in [6.07, 6.45) is 2.36. The summed E-state index contributed by atoms with van der Waals surface area (Å²) < 4.78 is 1.90. The molecule has 1 aromatic carbocycles. The number of nitrogens with one attached hydrogen (secondary N) is 1. The standard InChI is InChI=1S/C18H25N3O2/c1-4-17-15(10-19-21(17)11-13(2)3)18(23)20-16(12-22)14-8-6-5-7-9-14/h5-10,13,16,22H,4,11-12H2,1-3H3,(H,20,23)/t16-/m1/s1. The molecule has 2 rings (SSSR count). The van der Waals surface area contributed by atoms with Crippen molar-refractivity contribution >= 4 is 5.91 Å². The van der Waals surface area contributed by atoms with Crippen LogP contribution in [0, 0.1) is 5.92 Å². The minimum atomic E-state index is -0.415. The average Bonchev–Trinajstić information content (AvgIpc) is 2.95. The van der Waals surface area contributed by atoms with Crippen LogP contribution in [0.25, 0.3) is 0 Å². The number of nitrogens with zero attached hydrogens (tertiary/aromatic N) is 2. The number of carbonyl (C=O) groups excluding carboxylic acids is 1. The molecule has 5 nitrogen and oxygen atoms in total. The van der Waals surface area contributed by atoms with E-state index in [4.69, 9.17) is 0 Å². The molecule has 124 valence electrons. The fourth-order valence-electron chi connectivity index (χ4n) is 2.63. The van der Waals surface area contributed by atoms with Crippen LogP contribution in [0.3, 0.4) is 0 Å². The summed E-state index contributed by atoms with van der Waals surface area (Å²) in [7, 11) is 0. The lowest BCUT2D eigenvalue weighted by molar-refractivity contribution is 0.0915. The van der Waals surface area contributed by atoms with Gasteiger partial charge in [-0.2, -0.15) is 5.10 Å². The number of hydrogen-bond acceptors (Lipinski definition) is 3. The van der Waals surface area contributed by atoms with Gasteiger partial charge in [-0.1, -0.05) is 51.1 Å². The Morgan fingerprint density at radius 3 is 2.57 bits per heavy atom. The monoisotopic (exact) mass is 315 g/mol. The Kier molecular flexibility index (Phi) is 5.93.